The number of fused-ring (bicyclic) bond motifs is 1. The van der Waals surface area contributed by atoms with Crippen LogP contribution in [-0.4, -0.2) is 64.9 Å². The van der Waals surface area contributed by atoms with Crippen molar-refractivity contribution >= 4 is 23.5 Å². The van der Waals surface area contributed by atoms with Crippen LogP contribution in [0.4, 0.5) is 21.0 Å². The van der Waals surface area contributed by atoms with Gasteiger partial charge in [0, 0.05) is 47.9 Å². The minimum absolute atomic E-state index is 0.0383. The molecule has 3 atom stereocenters. The second-order valence-electron chi connectivity index (χ2n) is 9.95. The number of amides is 1. The van der Waals surface area contributed by atoms with E-state index in [1.807, 2.05) is 43.1 Å². The minimum Gasteiger partial charge on any atom is -0.441 e. The monoisotopic (exact) mass is 509 g/mol. The molecule has 0 spiro atoms. The highest BCUT2D eigenvalue weighted by atomic mass is 19.1. The van der Waals surface area contributed by atoms with E-state index >= 15 is 4.39 Å². The standard InChI is InChI=1S/C24H28FN9O3/c1-12-18(14-10-27-33(4)13(14)2)21-26-7-8-34(21)22(28-12)29-17-9-15(31-32-17)20-19(25)16(11-36-20)37-23(35)30-24(3)5-6-24/h7-10,16,19-20H,5-6,11H2,1-4H3,(H,30,35)(H2,28,29,31,32)/t16-,19+,20-/m0/s1. The van der Waals surface area contributed by atoms with Crippen molar-refractivity contribution in [2.24, 2.45) is 7.05 Å². The molecule has 4 aromatic rings. The number of carbonyl (C=O) groups excluding carboxylic acids is 1. The highest BCUT2D eigenvalue weighted by Gasteiger charge is 2.44. The molecule has 1 aliphatic heterocycles. The maximum absolute atomic E-state index is 15.1. The lowest BCUT2D eigenvalue weighted by atomic mass is 10.1. The normalized spacial score (nSPS) is 22.4. The van der Waals surface area contributed by atoms with E-state index in [4.69, 9.17) is 14.5 Å². The first-order chi connectivity index (χ1) is 17.7. The van der Waals surface area contributed by atoms with Crippen molar-refractivity contribution in [3.63, 3.8) is 0 Å². The van der Waals surface area contributed by atoms with E-state index in [-0.39, 0.29) is 12.1 Å². The number of halogens is 1. The van der Waals surface area contributed by atoms with Crippen LogP contribution in [0.3, 0.4) is 0 Å². The van der Waals surface area contributed by atoms with Gasteiger partial charge < -0.3 is 20.1 Å². The van der Waals surface area contributed by atoms with Crippen LogP contribution in [0.2, 0.25) is 0 Å². The summed E-state index contributed by atoms with van der Waals surface area (Å²) in [5, 5.41) is 17.4. The molecule has 6 rings (SSSR count). The molecule has 4 aromatic heterocycles. The smallest absolute Gasteiger partial charge is 0.408 e. The summed E-state index contributed by atoms with van der Waals surface area (Å²) in [5.74, 6) is 0.936. The first-order valence-corrected chi connectivity index (χ1v) is 12.1. The lowest BCUT2D eigenvalue weighted by Crippen LogP contribution is -2.39. The third kappa shape index (κ3) is 4.18. The van der Waals surface area contributed by atoms with Crippen molar-refractivity contribution in [2.75, 3.05) is 11.9 Å². The van der Waals surface area contributed by atoms with Crippen LogP contribution in [0.15, 0.2) is 24.7 Å². The molecule has 12 nitrogen and oxygen atoms in total. The summed E-state index contributed by atoms with van der Waals surface area (Å²) < 4.78 is 29.6. The van der Waals surface area contributed by atoms with Crippen molar-refractivity contribution in [1.29, 1.82) is 0 Å². The topological polar surface area (TPSA) is 136 Å². The maximum Gasteiger partial charge on any atom is 0.408 e. The third-order valence-corrected chi connectivity index (χ3v) is 7.12. The molecule has 0 unspecified atom stereocenters. The summed E-state index contributed by atoms with van der Waals surface area (Å²) in [6, 6.07) is 1.66. The van der Waals surface area contributed by atoms with Crippen LogP contribution in [0.5, 0.6) is 0 Å². The number of nitrogens with one attached hydrogen (secondary N) is 3. The quantitative estimate of drug-likeness (QED) is 0.360. The molecule has 1 saturated carbocycles. The number of ether oxygens (including phenoxy) is 2. The number of aryl methyl sites for hydroxylation is 2. The van der Waals surface area contributed by atoms with E-state index in [0.29, 0.717) is 17.5 Å². The van der Waals surface area contributed by atoms with Crippen molar-refractivity contribution in [3.05, 3.63) is 41.7 Å². The van der Waals surface area contributed by atoms with Crippen LogP contribution in [0.25, 0.3) is 16.8 Å². The number of rotatable bonds is 6. The van der Waals surface area contributed by atoms with Crippen LogP contribution >= 0.6 is 0 Å². The fourth-order valence-corrected chi connectivity index (χ4v) is 4.56. The van der Waals surface area contributed by atoms with Crippen molar-refractivity contribution < 1.29 is 18.7 Å². The molecule has 194 valence electrons. The fraction of sp³-hybridized carbons (Fsp3) is 0.458. The molecule has 0 radical (unpaired) electrons. The van der Waals surface area contributed by atoms with E-state index < -0.39 is 24.5 Å². The van der Waals surface area contributed by atoms with Crippen LogP contribution in [0, 0.1) is 13.8 Å². The lowest BCUT2D eigenvalue weighted by Gasteiger charge is -2.17. The van der Waals surface area contributed by atoms with E-state index in [9.17, 15) is 4.79 Å². The van der Waals surface area contributed by atoms with E-state index in [2.05, 4.69) is 30.9 Å². The first kappa shape index (κ1) is 23.4. The maximum atomic E-state index is 15.1. The predicted molar refractivity (Wildman–Crippen MR) is 131 cm³/mol. The molecule has 1 aliphatic carbocycles. The molecule has 2 aliphatic rings. The molecule has 2 fully saturated rings. The Kier molecular flexibility index (Phi) is 5.40. The van der Waals surface area contributed by atoms with E-state index in [0.717, 1.165) is 41.0 Å². The zero-order valence-corrected chi connectivity index (χ0v) is 20.9. The molecular weight excluding hydrogens is 481 g/mol. The van der Waals surface area contributed by atoms with Gasteiger partial charge in [0.05, 0.1) is 24.2 Å². The molecule has 5 heterocycles. The van der Waals surface area contributed by atoms with Gasteiger partial charge in [-0.05, 0) is 33.6 Å². The summed E-state index contributed by atoms with van der Waals surface area (Å²) >= 11 is 0. The van der Waals surface area contributed by atoms with Gasteiger partial charge in [0.15, 0.2) is 18.1 Å². The molecule has 3 N–H and O–H groups in total. The molecule has 0 bridgehead atoms. The largest absolute Gasteiger partial charge is 0.441 e. The summed E-state index contributed by atoms with van der Waals surface area (Å²) in [6.07, 6.45) is 3.01. The van der Waals surface area contributed by atoms with Gasteiger partial charge in [-0.1, -0.05) is 0 Å². The van der Waals surface area contributed by atoms with Crippen LogP contribution in [-0.2, 0) is 16.5 Å². The van der Waals surface area contributed by atoms with Gasteiger partial charge >= 0.3 is 6.09 Å². The lowest BCUT2D eigenvalue weighted by molar-refractivity contribution is 0.0604. The van der Waals surface area contributed by atoms with Crippen LogP contribution in [0.1, 0.15) is 43.0 Å². The van der Waals surface area contributed by atoms with Crippen molar-refractivity contribution in [3.8, 4) is 11.1 Å². The number of hydrogen-bond acceptors (Lipinski definition) is 8. The van der Waals surface area contributed by atoms with Gasteiger partial charge in [0.1, 0.15) is 11.8 Å². The number of anilines is 2. The Hall–Kier alpha value is -4.00. The Balaban J connectivity index is 1.19. The number of hydrogen-bond donors (Lipinski definition) is 3. The molecular formula is C24H28FN9O3. The van der Waals surface area contributed by atoms with E-state index in [1.54, 1.807) is 18.5 Å². The molecule has 0 aromatic carbocycles. The minimum atomic E-state index is -1.53. The Labute approximate surface area is 211 Å². The Morgan fingerprint density at radius 3 is 2.89 bits per heavy atom. The zero-order chi connectivity index (χ0) is 25.9. The number of aromatic nitrogens is 7. The van der Waals surface area contributed by atoms with Gasteiger partial charge in [-0.3, -0.25) is 14.2 Å². The number of H-pyrrole nitrogens is 1. The average Bonchev–Trinajstić information content (AvgIpc) is 3.31. The summed E-state index contributed by atoms with van der Waals surface area (Å²) in [4.78, 5) is 21.4. The number of imidazole rings is 1. The van der Waals surface area contributed by atoms with Gasteiger partial charge in [-0.2, -0.15) is 10.2 Å². The second kappa shape index (κ2) is 8.54. The number of aromatic amines is 1. The summed E-state index contributed by atoms with van der Waals surface area (Å²) in [6.45, 7) is 5.80. The van der Waals surface area contributed by atoms with Gasteiger partial charge in [0.25, 0.3) is 0 Å². The molecule has 37 heavy (non-hydrogen) atoms. The van der Waals surface area contributed by atoms with Gasteiger partial charge in [-0.15, -0.1) is 0 Å². The number of nitrogens with zero attached hydrogens (tertiary/aromatic N) is 6. The Morgan fingerprint density at radius 2 is 2.16 bits per heavy atom. The van der Waals surface area contributed by atoms with E-state index in [1.165, 1.54) is 0 Å². The third-order valence-electron chi connectivity index (χ3n) is 7.12. The fourth-order valence-electron chi connectivity index (χ4n) is 4.56. The van der Waals surface area contributed by atoms with Crippen molar-refractivity contribution in [1.82, 2.24) is 39.7 Å². The highest BCUT2D eigenvalue weighted by molar-refractivity contribution is 5.82. The SMILES string of the molecule is Cc1nc(Nc2cc([C@@H]3OC[C@H](OC(=O)NC4(C)CC4)[C@H]3F)[nH]n2)n2ccnc2c1-c1cnn(C)c1C. The van der Waals surface area contributed by atoms with Crippen molar-refractivity contribution in [2.45, 2.75) is 57.5 Å². The number of alkyl halides is 1. The number of carbonyl (C=O) groups is 1. The molecule has 13 heteroatoms. The zero-order valence-electron chi connectivity index (χ0n) is 20.9. The Bertz CT molecular complexity index is 1490. The second-order valence-corrected chi connectivity index (χ2v) is 9.95. The number of alkyl carbamates (subject to hydrolysis) is 1. The van der Waals surface area contributed by atoms with Gasteiger partial charge in [0.2, 0.25) is 5.95 Å². The molecule has 1 amide bonds. The summed E-state index contributed by atoms with van der Waals surface area (Å²) in [5.41, 5.74) is 4.55. The van der Waals surface area contributed by atoms with Crippen LogP contribution < -0.4 is 10.6 Å². The highest BCUT2D eigenvalue weighted by Crippen LogP contribution is 2.36. The van der Waals surface area contributed by atoms with Gasteiger partial charge in [-0.25, -0.2) is 19.2 Å². The average molecular weight is 510 g/mol. The Morgan fingerprint density at radius 1 is 1.35 bits per heavy atom. The first-order valence-electron chi connectivity index (χ1n) is 12.1. The summed E-state index contributed by atoms with van der Waals surface area (Å²) in [7, 11) is 1.89. The predicted octanol–water partition coefficient (Wildman–Crippen LogP) is 3.27. The molecule has 1 saturated heterocycles.